The first-order valence-electron chi connectivity index (χ1n) is 7.40. The van der Waals surface area contributed by atoms with Crippen LogP contribution in [0, 0.1) is 6.92 Å². The number of nitrogens with zero attached hydrogens (tertiary/aromatic N) is 2. The zero-order valence-electron chi connectivity index (χ0n) is 14.2. The van der Waals surface area contributed by atoms with Gasteiger partial charge in [-0.2, -0.15) is 0 Å². The Balaban J connectivity index is 1.93. The molecular weight excluding hydrogens is 314 g/mol. The third-order valence-electron chi connectivity index (χ3n) is 2.90. The van der Waals surface area contributed by atoms with Crippen molar-refractivity contribution in [3.8, 4) is 0 Å². The van der Waals surface area contributed by atoms with Crippen molar-refractivity contribution in [2.45, 2.75) is 46.4 Å². The topological polar surface area (TPSA) is 67.6 Å². The summed E-state index contributed by atoms with van der Waals surface area (Å²) in [5.74, 6) is 0.803. The number of thiophene rings is 1. The van der Waals surface area contributed by atoms with Gasteiger partial charge in [-0.15, -0.1) is 11.3 Å². The molecule has 6 nitrogen and oxygen atoms in total. The van der Waals surface area contributed by atoms with Gasteiger partial charge in [0.1, 0.15) is 11.4 Å². The Bertz CT molecular complexity index is 658. The van der Waals surface area contributed by atoms with Gasteiger partial charge in [0, 0.05) is 24.0 Å². The number of amides is 1. The third kappa shape index (κ3) is 5.69. The van der Waals surface area contributed by atoms with Crippen LogP contribution in [0.15, 0.2) is 22.0 Å². The van der Waals surface area contributed by atoms with Crippen molar-refractivity contribution in [3.05, 3.63) is 33.8 Å². The van der Waals surface area contributed by atoms with E-state index in [1.807, 2.05) is 52.3 Å². The summed E-state index contributed by atoms with van der Waals surface area (Å²) in [6.07, 6.45) is -0.438. The minimum Gasteiger partial charge on any atom is -0.444 e. The highest BCUT2D eigenvalue weighted by molar-refractivity contribution is 7.10. The molecule has 0 aliphatic heterocycles. The van der Waals surface area contributed by atoms with Crippen molar-refractivity contribution < 1.29 is 14.1 Å². The average molecular weight is 337 g/mol. The zero-order chi connectivity index (χ0) is 17.0. The molecule has 0 fully saturated rings. The highest BCUT2D eigenvalue weighted by atomic mass is 32.1. The van der Waals surface area contributed by atoms with E-state index in [2.05, 4.69) is 15.4 Å². The molecular formula is C16H23N3O3S. The molecule has 0 saturated carbocycles. The van der Waals surface area contributed by atoms with E-state index in [0.29, 0.717) is 13.1 Å². The maximum Gasteiger partial charge on any atom is 0.412 e. The Labute approximate surface area is 140 Å². The number of hydrogen-bond donors (Lipinski definition) is 1. The van der Waals surface area contributed by atoms with Crippen LogP contribution < -0.4 is 5.32 Å². The van der Waals surface area contributed by atoms with Crippen molar-refractivity contribution in [3.63, 3.8) is 0 Å². The quantitative estimate of drug-likeness (QED) is 0.892. The van der Waals surface area contributed by atoms with E-state index < -0.39 is 11.7 Å². The first kappa shape index (κ1) is 17.5. The molecule has 2 aromatic heterocycles. The first-order valence-corrected chi connectivity index (χ1v) is 8.28. The molecule has 0 spiro atoms. The van der Waals surface area contributed by atoms with Crippen molar-refractivity contribution in [1.29, 1.82) is 0 Å². The van der Waals surface area contributed by atoms with E-state index in [1.165, 1.54) is 0 Å². The minimum absolute atomic E-state index is 0.438. The van der Waals surface area contributed by atoms with Crippen LogP contribution in [-0.2, 0) is 17.8 Å². The molecule has 2 aromatic rings. The summed E-state index contributed by atoms with van der Waals surface area (Å²) in [7, 11) is 2.00. The lowest BCUT2D eigenvalue weighted by Gasteiger charge is -2.20. The monoisotopic (exact) mass is 337 g/mol. The summed E-state index contributed by atoms with van der Waals surface area (Å²) in [5, 5.41) is 8.76. The second-order valence-corrected chi connectivity index (χ2v) is 7.49. The van der Waals surface area contributed by atoms with Crippen LogP contribution in [-0.4, -0.2) is 28.8 Å². The predicted octanol–water partition coefficient (Wildman–Crippen LogP) is 4.02. The molecule has 0 aromatic carbocycles. The molecule has 23 heavy (non-hydrogen) atoms. The molecule has 0 saturated heterocycles. The number of aryl methyl sites for hydroxylation is 1. The van der Waals surface area contributed by atoms with Crippen LogP contribution in [0.2, 0.25) is 0 Å². The van der Waals surface area contributed by atoms with E-state index >= 15 is 0 Å². The van der Waals surface area contributed by atoms with Gasteiger partial charge in [0.25, 0.3) is 0 Å². The van der Waals surface area contributed by atoms with Crippen LogP contribution in [0.3, 0.4) is 0 Å². The Hall–Kier alpha value is -1.86. The lowest BCUT2D eigenvalue weighted by Crippen LogP contribution is -2.27. The lowest BCUT2D eigenvalue weighted by atomic mass is 10.2. The first-order chi connectivity index (χ1) is 10.7. The van der Waals surface area contributed by atoms with Crippen LogP contribution >= 0.6 is 11.3 Å². The smallest absolute Gasteiger partial charge is 0.412 e. The van der Waals surface area contributed by atoms with Gasteiger partial charge in [-0.25, -0.2) is 4.79 Å². The third-order valence-corrected chi connectivity index (χ3v) is 3.81. The molecule has 0 atom stereocenters. The maximum absolute atomic E-state index is 11.9. The number of anilines is 1. The highest BCUT2D eigenvalue weighted by Crippen LogP contribution is 2.25. The summed E-state index contributed by atoms with van der Waals surface area (Å²) in [5.41, 5.74) is 1.16. The lowest BCUT2D eigenvalue weighted by molar-refractivity contribution is 0.0635. The molecule has 1 N–H and O–H groups in total. The SMILES string of the molecule is Cc1cc(CN(C)Cc2sccc2NC(=O)OC(C)(C)C)no1. The second kappa shape index (κ2) is 7.14. The molecule has 2 rings (SSSR count). The Morgan fingerprint density at radius 2 is 2.17 bits per heavy atom. The number of rotatable bonds is 5. The predicted molar refractivity (Wildman–Crippen MR) is 90.6 cm³/mol. The van der Waals surface area contributed by atoms with Gasteiger partial charge in [0.15, 0.2) is 0 Å². The fourth-order valence-corrected chi connectivity index (χ4v) is 2.97. The molecule has 1 amide bonds. The molecule has 0 bridgehead atoms. The van der Waals surface area contributed by atoms with Gasteiger partial charge in [-0.1, -0.05) is 5.16 Å². The number of nitrogens with one attached hydrogen (secondary N) is 1. The van der Waals surface area contributed by atoms with E-state index in [1.54, 1.807) is 11.3 Å². The van der Waals surface area contributed by atoms with E-state index in [-0.39, 0.29) is 0 Å². The molecule has 0 unspecified atom stereocenters. The molecule has 7 heteroatoms. The van der Waals surface area contributed by atoms with E-state index in [9.17, 15) is 4.79 Å². The number of carbonyl (C=O) groups is 1. The van der Waals surface area contributed by atoms with Gasteiger partial charge in [-0.3, -0.25) is 10.2 Å². The van der Waals surface area contributed by atoms with Gasteiger partial charge in [0.2, 0.25) is 0 Å². The summed E-state index contributed by atoms with van der Waals surface area (Å²) in [4.78, 5) is 15.1. The van der Waals surface area contributed by atoms with Crippen molar-refractivity contribution in [1.82, 2.24) is 10.1 Å². The average Bonchev–Trinajstić information content (AvgIpc) is 2.97. The van der Waals surface area contributed by atoms with Crippen molar-refractivity contribution in [2.75, 3.05) is 12.4 Å². The van der Waals surface area contributed by atoms with Crippen LogP contribution in [0.5, 0.6) is 0 Å². The van der Waals surface area contributed by atoms with Gasteiger partial charge in [0.05, 0.1) is 11.4 Å². The van der Waals surface area contributed by atoms with Crippen LogP contribution in [0.4, 0.5) is 10.5 Å². The maximum atomic E-state index is 11.9. The zero-order valence-corrected chi connectivity index (χ0v) is 15.0. The highest BCUT2D eigenvalue weighted by Gasteiger charge is 2.18. The van der Waals surface area contributed by atoms with Gasteiger partial charge in [-0.05, 0) is 46.2 Å². The molecule has 126 valence electrons. The van der Waals surface area contributed by atoms with Crippen molar-refractivity contribution in [2.24, 2.45) is 0 Å². The normalized spacial score (nSPS) is 11.7. The minimum atomic E-state index is -0.512. The molecule has 0 radical (unpaired) electrons. The van der Waals surface area contributed by atoms with Crippen LogP contribution in [0.1, 0.15) is 37.1 Å². The van der Waals surface area contributed by atoms with Crippen molar-refractivity contribution >= 4 is 23.1 Å². The van der Waals surface area contributed by atoms with E-state index in [4.69, 9.17) is 9.26 Å². The van der Waals surface area contributed by atoms with Gasteiger partial charge < -0.3 is 9.26 Å². The number of carbonyl (C=O) groups excluding carboxylic acids is 1. The summed E-state index contributed by atoms with van der Waals surface area (Å²) in [6.45, 7) is 8.78. The number of hydrogen-bond acceptors (Lipinski definition) is 6. The molecule has 2 heterocycles. The van der Waals surface area contributed by atoms with E-state index in [0.717, 1.165) is 22.0 Å². The molecule has 0 aliphatic rings. The standard InChI is InChI=1S/C16H23N3O3S/c1-11-8-12(18-22-11)9-19(5)10-14-13(6-7-23-14)17-15(20)21-16(2,3)4/h6-8H,9-10H2,1-5H3,(H,17,20). The molecule has 0 aliphatic carbocycles. The summed E-state index contributed by atoms with van der Waals surface area (Å²) < 4.78 is 10.4. The number of aromatic nitrogens is 1. The summed E-state index contributed by atoms with van der Waals surface area (Å²) >= 11 is 1.60. The Morgan fingerprint density at radius 1 is 1.43 bits per heavy atom. The second-order valence-electron chi connectivity index (χ2n) is 6.49. The Morgan fingerprint density at radius 3 is 2.78 bits per heavy atom. The number of ether oxygens (including phenoxy) is 1. The fraction of sp³-hybridized carbons (Fsp3) is 0.500. The van der Waals surface area contributed by atoms with Crippen LogP contribution in [0.25, 0.3) is 0 Å². The summed E-state index contributed by atoms with van der Waals surface area (Å²) in [6, 6.07) is 3.81. The largest absolute Gasteiger partial charge is 0.444 e. The fourth-order valence-electron chi connectivity index (χ4n) is 2.06. The Kier molecular flexibility index (Phi) is 5.43. The van der Waals surface area contributed by atoms with Gasteiger partial charge >= 0.3 is 6.09 Å².